The van der Waals surface area contributed by atoms with Crippen LogP contribution in [0.25, 0.3) is 11.0 Å². The van der Waals surface area contributed by atoms with Crippen LogP contribution in [0.5, 0.6) is 0 Å². The van der Waals surface area contributed by atoms with Crippen LogP contribution in [0.15, 0.2) is 18.3 Å². The molecule has 1 aromatic carbocycles. The molecule has 2 heteroatoms. The molecular weight excluding hydrogens is 304 g/mol. The SMILES string of the molecule is CCCCCCC(C)(C)c1cc2ncc(C(C)(C)CC)nc2cc1C. The van der Waals surface area contributed by atoms with E-state index in [-0.39, 0.29) is 10.8 Å². The molecule has 0 amide bonds. The first-order valence-corrected chi connectivity index (χ1v) is 9.99. The van der Waals surface area contributed by atoms with Gasteiger partial charge in [-0.15, -0.1) is 0 Å². The second kappa shape index (κ2) is 7.85. The fraction of sp³-hybridized carbons (Fsp3) is 0.652. The van der Waals surface area contributed by atoms with Gasteiger partial charge in [0, 0.05) is 11.6 Å². The maximum Gasteiger partial charge on any atom is 0.0893 e. The Labute approximate surface area is 154 Å². The highest BCUT2D eigenvalue weighted by molar-refractivity contribution is 5.76. The standard InChI is InChI=1S/C23H36N2/c1-8-10-11-12-13-23(6,7)18-15-19-20(14-17(18)3)25-21(16-24-19)22(4,5)9-2/h14-16H,8-13H2,1-7H3. The molecule has 0 unspecified atom stereocenters. The fourth-order valence-electron chi connectivity index (χ4n) is 3.53. The van der Waals surface area contributed by atoms with Crippen molar-refractivity contribution < 1.29 is 0 Å². The van der Waals surface area contributed by atoms with Crippen molar-refractivity contribution >= 4 is 11.0 Å². The predicted octanol–water partition coefficient (Wildman–Crippen LogP) is 6.87. The third-order valence-electron chi connectivity index (χ3n) is 5.85. The van der Waals surface area contributed by atoms with Crippen molar-refractivity contribution in [1.82, 2.24) is 9.97 Å². The van der Waals surface area contributed by atoms with Crippen LogP contribution in [0.2, 0.25) is 0 Å². The van der Waals surface area contributed by atoms with Gasteiger partial charge in [-0.3, -0.25) is 4.98 Å². The number of hydrogen-bond donors (Lipinski definition) is 0. The molecule has 2 rings (SSSR count). The van der Waals surface area contributed by atoms with E-state index in [2.05, 4.69) is 60.6 Å². The highest BCUT2D eigenvalue weighted by Gasteiger charge is 2.24. The third kappa shape index (κ3) is 4.59. The van der Waals surface area contributed by atoms with Crippen molar-refractivity contribution in [2.75, 3.05) is 0 Å². The van der Waals surface area contributed by atoms with Crippen molar-refractivity contribution in [1.29, 1.82) is 0 Å². The molecule has 0 atom stereocenters. The molecule has 0 saturated carbocycles. The molecule has 138 valence electrons. The maximum atomic E-state index is 4.93. The molecule has 0 saturated heterocycles. The van der Waals surface area contributed by atoms with Crippen molar-refractivity contribution in [2.24, 2.45) is 0 Å². The van der Waals surface area contributed by atoms with Crippen molar-refractivity contribution in [3.63, 3.8) is 0 Å². The molecule has 0 aliphatic carbocycles. The number of unbranched alkanes of at least 4 members (excludes halogenated alkanes) is 3. The topological polar surface area (TPSA) is 25.8 Å². The second-order valence-corrected chi connectivity index (χ2v) is 8.84. The Morgan fingerprint density at radius 1 is 0.880 bits per heavy atom. The van der Waals surface area contributed by atoms with Gasteiger partial charge in [-0.2, -0.15) is 0 Å². The minimum Gasteiger partial charge on any atom is -0.253 e. The molecule has 0 aliphatic heterocycles. The summed E-state index contributed by atoms with van der Waals surface area (Å²) in [7, 11) is 0. The van der Waals surface area contributed by atoms with Crippen molar-refractivity contribution in [2.45, 2.75) is 97.8 Å². The average molecular weight is 341 g/mol. The molecule has 0 N–H and O–H groups in total. The number of rotatable bonds is 8. The zero-order valence-corrected chi connectivity index (χ0v) is 17.4. The monoisotopic (exact) mass is 340 g/mol. The summed E-state index contributed by atoms with van der Waals surface area (Å²) in [5.74, 6) is 0. The van der Waals surface area contributed by atoms with Crippen LogP contribution in [0.1, 0.15) is 96.9 Å². The van der Waals surface area contributed by atoms with Crippen LogP contribution >= 0.6 is 0 Å². The number of hydrogen-bond acceptors (Lipinski definition) is 2. The molecular formula is C23H36N2. The van der Waals surface area contributed by atoms with Gasteiger partial charge in [0.25, 0.3) is 0 Å². The fourth-order valence-corrected chi connectivity index (χ4v) is 3.53. The first-order chi connectivity index (χ1) is 11.7. The molecule has 0 spiro atoms. The summed E-state index contributed by atoms with van der Waals surface area (Å²) in [6.45, 7) is 15.9. The number of nitrogens with zero attached hydrogens (tertiary/aromatic N) is 2. The average Bonchev–Trinajstić information content (AvgIpc) is 2.57. The zero-order chi connectivity index (χ0) is 18.7. The van der Waals surface area contributed by atoms with Gasteiger partial charge >= 0.3 is 0 Å². The van der Waals surface area contributed by atoms with Crippen LogP contribution in [0, 0.1) is 6.92 Å². The van der Waals surface area contributed by atoms with E-state index in [0.29, 0.717) is 0 Å². The highest BCUT2D eigenvalue weighted by Crippen LogP contribution is 2.34. The molecule has 25 heavy (non-hydrogen) atoms. The van der Waals surface area contributed by atoms with E-state index in [4.69, 9.17) is 9.97 Å². The van der Waals surface area contributed by atoms with E-state index in [1.54, 1.807) is 0 Å². The minimum absolute atomic E-state index is 0.0757. The largest absolute Gasteiger partial charge is 0.253 e. The first kappa shape index (κ1) is 19.9. The molecule has 2 nitrogen and oxygen atoms in total. The van der Waals surface area contributed by atoms with Gasteiger partial charge in [0.1, 0.15) is 0 Å². The lowest BCUT2D eigenvalue weighted by atomic mass is 9.77. The molecule has 1 aromatic heterocycles. The lowest BCUT2D eigenvalue weighted by Gasteiger charge is -2.28. The Bertz CT molecular complexity index is 713. The lowest BCUT2D eigenvalue weighted by Crippen LogP contribution is -2.20. The van der Waals surface area contributed by atoms with E-state index < -0.39 is 0 Å². The highest BCUT2D eigenvalue weighted by atomic mass is 14.8. The predicted molar refractivity (Wildman–Crippen MR) is 109 cm³/mol. The van der Waals surface area contributed by atoms with E-state index in [1.807, 2.05) is 6.20 Å². The quantitative estimate of drug-likeness (QED) is 0.490. The minimum atomic E-state index is 0.0757. The Balaban J connectivity index is 2.34. The first-order valence-electron chi connectivity index (χ1n) is 9.99. The van der Waals surface area contributed by atoms with E-state index in [9.17, 15) is 0 Å². The second-order valence-electron chi connectivity index (χ2n) is 8.84. The number of benzene rings is 1. The number of fused-ring (bicyclic) bond motifs is 1. The summed E-state index contributed by atoms with van der Waals surface area (Å²) in [5.41, 5.74) is 6.18. The van der Waals surface area contributed by atoms with Crippen LogP contribution in [-0.2, 0) is 10.8 Å². The molecule has 1 heterocycles. The summed E-state index contributed by atoms with van der Waals surface area (Å²) in [6.07, 6.45) is 9.53. The summed E-state index contributed by atoms with van der Waals surface area (Å²) in [4.78, 5) is 9.68. The smallest absolute Gasteiger partial charge is 0.0893 e. The van der Waals surface area contributed by atoms with Gasteiger partial charge in [0.05, 0.1) is 16.7 Å². The summed E-state index contributed by atoms with van der Waals surface area (Å²) in [5, 5.41) is 0. The molecule has 0 bridgehead atoms. The Kier molecular flexibility index (Phi) is 6.24. The Hall–Kier alpha value is -1.44. The molecule has 0 fully saturated rings. The van der Waals surface area contributed by atoms with Crippen molar-refractivity contribution in [3.05, 3.63) is 35.2 Å². The van der Waals surface area contributed by atoms with Crippen LogP contribution < -0.4 is 0 Å². The van der Waals surface area contributed by atoms with Gasteiger partial charge in [-0.25, -0.2) is 4.98 Å². The summed E-state index contributed by atoms with van der Waals surface area (Å²) >= 11 is 0. The van der Waals surface area contributed by atoms with Crippen LogP contribution in [0.3, 0.4) is 0 Å². The van der Waals surface area contributed by atoms with E-state index in [1.165, 1.54) is 43.2 Å². The van der Waals surface area contributed by atoms with Gasteiger partial charge in [0.15, 0.2) is 0 Å². The lowest BCUT2D eigenvalue weighted by molar-refractivity contribution is 0.444. The third-order valence-corrected chi connectivity index (χ3v) is 5.85. The van der Waals surface area contributed by atoms with E-state index in [0.717, 1.165) is 23.1 Å². The molecule has 0 radical (unpaired) electrons. The Morgan fingerprint density at radius 3 is 2.24 bits per heavy atom. The zero-order valence-electron chi connectivity index (χ0n) is 17.4. The van der Waals surface area contributed by atoms with Gasteiger partial charge in [0.2, 0.25) is 0 Å². The normalized spacial score (nSPS) is 12.8. The van der Waals surface area contributed by atoms with E-state index >= 15 is 0 Å². The molecule has 0 aliphatic rings. The van der Waals surface area contributed by atoms with Gasteiger partial charge in [-0.1, -0.05) is 67.2 Å². The van der Waals surface area contributed by atoms with Crippen LogP contribution in [-0.4, -0.2) is 9.97 Å². The van der Waals surface area contributed by atoms with Gasteiger partial charge in [-0.05, 0) is 48.4 Å². The number of aryl methyl sites for hydroxylation is 1. The maximum absolute atomic E-state index is 4.93. The van der Waals surface area contributed by atoms with Gasteiger partial charge < -0.3 is 0 Å². The summed E-state index contributed by atoms with van der Waals surface area (Å²) < 4.78 is 0. The van der Waals surface area contributed by atoms with Crippen LogP contribution in [0.4, 0.5) is 0 Å². The number of aromatic nitrogens is 2. The molecule has 2 aromatic rings. The summed E-state index contributed by atoms with van der Waals surface area (Å²) in [6, 6.07) is 4.51. The van der Waals surface area contributed by atoms with Crippen molar-refractivity contribution in [3.8, 4) is 0 Å². The Morgan fingerprint density at radius 2 is 1.60 bits per heavy atom.